The Hall–Kier alpha value is -2.56. The van der Waals surface area contributed by atoms with E-state index in [1.54, 1.807) is 12.1 Å². The SMILES string of the molecule is CCCC(=O)NCCOCCOCC(=O)NCCOCCOCC(=O)NCCCC[C@H](NCC(=O)[C@@H]1CSSC[C@H]([NH-])C(=O)C1)C(=O)CN[C@@H](Cc1ccc(O)cc1)C(N)=O.CCCCCCCCCCCCCCCCCC(=O)O.[HH].[K+]. The predicted octanol–water partition coefficient (Wildman–Crippen LogP) is 3.83. The van der Waals surface area contributed by atoms with Gasteiger partial charge in [0.25, 0.3) is 0 Å². The molecule has 2 rings (SSSR count). The predicted molar refractivity (Wildman–Crippen MR) is 321 cm³/mol. The van der Waals surface area contributed by atoms with Gasteiger partial charge in [0.05, 0.1) is 64.8 Å². The number of carboxylic acid groups (broad SMARTS) is 1. The number of ether oxygens (including phenoxy) is 4. The minimum atomic E-state index is -0.880. The van der Waals surface area contributed by atoms with E-state index in [1.165, 1.54) is 117 Å². The second kappa shape index (κ2) is 55.0. The summed E-state index contributed by atoms with van der Waals surface area (Å²) in [7, 11) is 2.84. The zero-order valence-corrected chi connectivity index (χ0v) is 54.4. The van der Waals surface area contributed by atoms with E-state index < -0.39 is 35.9 Å². The van der Waals surface area contributed by atoms with Crippen LogP contribution in [0.3, 0.4) is 0 Å². The van der Waals surface area contributed by atoms with E-state index >= 15 is 0 Å². The molecule has 466 valence electrons. The van der Waals surface area contributed by atoms with Crippen LogP contribution in [0.1, 0.15) is 162 Å². The first kappa shape index (κ1) is 79.4. The number of nitrogens with two attached hydrogens (primary N) is 1. The average Bonchev–Trinajstić information content (AvgIpc) is 3.44. The van der Waals surface area contributed by atoms with Crippen LogP contribution in [-0.4, -0.2) is 172 Å². The summed E-state index contributed by atoms with van der Waals surface area (Å²) in [6.45, 7) is 6.06. The second-order valence-corrected chi connectivity index (χ2v) is 22.8. The number of hydrogen-bond acceptors (Lipinski definition) is 17. The first-order valence-electron chi connectivity index (χ1n) is 29.6. The fourth-order valence-corrected chi connectivity index (χ4v) is 10.7. The van der Waals surface area contributed by atoms with Crippen molar-refractivity contribution in [2.75, 3.05) is 97.1 Å². The van der Waals surface area contributed by atoms with Gasteiger partial charge in [-0.25, -0.2) is 0 Å². The van der Waals surface area contributed by atoms with E-state index in [-0.39, 0.29) is 166 Å². The summed E-state index contributed by atoms with van der Waals surface area (Å²) in [4.78, 5) is 97.1. The number of phenols is 1. The minimum absolute atomic E-state index is 0. The number of aliphatic carboxylic acids is 1. The standard InChI is InChI=1S/C40H64N7O12S2.C18H36O2.K.H2/c1-2-5-37(52)44-12-14-56-16-19-59-25-39(54)45-13-15-57-17-18-58-24-38(53)43-11-4-3-6-32(46-22-35(50)29-21-34(49)31(41)27-61-60-26-29)36(51)23-47-33(40(42)55)20-28-7-9-30(48)10-8-28;1-2-3-4-5-6-7-8-9-10-11-12-13-14-15-16-17-18(19)20;;/h7-10,29,31-33,41,46-48H,2-6,11-27H2,1H3,(H2,42,55)(H,43,53)(H,44,52)(H,45,54);2-17H2,1H3,(H,19,20);;1H/q-1;;+1;/t29-,31-,32-,33-;;;/m0.../s1. The number of hydrogen-bond donors (Lipinski definition) is 8. The Morgan fingerprint density at radius 2 is 1.12 bits per heavy atom. The number of phenolic OH excluding ortho intramolecular Hbond substituents is 1. The summed E-state index contributed by atoms with van der Waals surface area (Å²) in [5, 5.41) is 32.2. The Labute approximate surface area is 540 Å². The van der Waals surface area contributed by atoms with Crippen LogP contribution in [0.5, 0.6) is 5.75 Å². The molecule has 1 aliphatic heterocycles. The maximum atomic E-state index is 13.5. The van der Waals surface area contributed by atoms with Crippen molar-refractivity contribution in [3.8, 4) is 5.75 Å². The zero-order valence-electron chi connectivity index (χ0n) is 49.7. The van der Waals surface area contributed by atoms with Crippen LogP contribution >= 0.6 is 21.6 Å². The van der Waals surface area contributed by atoms with E-state index in [2.05, 4.69) is 33.5 Å². The topological polar surface area (TPSA) is 324 Å². The maximum absolute atomic E-state index is 13.5. The van der Waals surface area contributed by atoms with E-state index in [9.17, 15) is 43.5 Å². The van der Waals surface area contributed by atoms with Crippen LogP contribution in [0.2, 0.25) is 0 Å². The van der Waals surface area contributed by atoms with Crippen LogP contribution in [-0.2, 0) is 63.7 Å². The number of carbonyl (C=O) groups is 8. The fourth-order valence-electron chi connectivity index (χ4n) is 8.28. The number of primary amides is 1. The third-order valence-corrected chi connectivity index (χ3v) is 15.6. The second-order valence-electron chi connectivity index (χ2n) is 20.3. The number of carbonyl (C=O) groups excluding carboxylic acids is 7. The van der Waals surface area contributed by atoms with Gasteiger partial charge in [0.2, 0.25) is 23.6 Å². The van der Waals surface area contributed by atoms with Gasteiger partial charge in [-0.1, -0.05) is 144 Å². The van der Waals surface area contributed by atoms with Crippen LogP contribution in [0, 0.1) is 5.92 Å². The third kappa shape index (κ3) is 46.7. The largest absolute Gasteiger partial charge is 1.00 e. The Morgan fingerprint density at radius 1 is 0.622 bits per heavy atom. The normalized spacial score (nSPS) is 14.9. The van der Waals surface area contributed by atoms with Crippen molar-refractivity contribution in [1.82, 2.24) is 26.6 Å². The number of ketones is 3. The molecule has 0 spiro atoms. The molecule has 0 saturated carbocycles. The number of carboxylic acids is 1. The van der Waals surface area contributed by atoms with Gasteiger partial charge >= 0.3 is 57.4 Å². The fraction of sp³-hybridized carbons (Fsp3) is 0.759. The molecule has 0 bridgehead atoms. The monoisotopic (exact) mass is 1220 g/mol. The Morgan fingerprint density at radius 3 is 1.66 bits per heavy atom. The van der Waals surface area contributed by atoms with Gasteiger partial charge in [0, 0.05) is 52.0 Å². The number of aromatic hydroxyl groups is 1. The van der Waals surface area contributed by atoms with E-state index in [4.69, 9.17) is 35.5 Å². The van der Waals surface area contributed by atoms with Crippen LogP contribution < -0.4 is 83.7 Å². The number of unbranched alkanes of at least 4 members (excludes halogenated alkanes) is 15. The van der Waals surface area contributed by atoms with Crippen LogP contribution in [0.4, 0.5) is 0 Å². The molecule has 82 heavy (non-hydrogen) atoms. The number of rotatable bonds is 50. The van der Waals surface area contributed by atoms with Gasteiger partial charge in [-0.3, -0.25) is 38.9 Å². The summed E-state index contributed by atoms with van der Waals surface area (Å²) in [5.41, 5.74) is 14.3. The Bertz CT molecular complexity index is 1890. The molecular formula is C58H102KN7O14S2. The van der Waals surface area contributed by atoms with E-state index in [0.717, 1.165) is 24.8 Å². The number of Topliss-reactive ketones (excluding diaryl/α,β-unsaturated/α-hetero) is 3. The third-order valence-electron chi connectivity index (χ3n) is 13.1. The number of nitrogens with one attached hydrogen (secondary N) is 6. The molecule has 4 amide bonds. The molecule has 1 aliphatic rings. The molecule has 21 nitrogen and oxygen atoms in total. The molecule has 1 aromatic rings. The Kier molecular flexibility index (Phi) is 53.3. The van der Waals surface area contributed by atoms with Crippen molar-refractivity contribution in [3.05, 3.63) is 35.6 Å². The first-order chi connectivity index (χ1) is 39.2. The van der Waals surface area contributed by atoms with Crippen molar-refractivity contribution in [1.29, 1.82) is 0 Å². The van der Waals surface area contributed by atoms with E-state index in [1.807, 2.05) is 6.92 Å². The smallest absolute Gasteiger partial charge is 0.668 e. The average molecular weight is 1220 g/mol. The summed E-state index contributed by atoms with van der Waals surface area (Å²) < 4.78 is 21.4. The summed E-state index contributed by atoms with van der Waals surface area (Å²) in [5.74, 6) is -2.46. The summed E-state index contributed by atoms with van der Waals surface area (Å²) in [6, 6.07) is 3.75. The summed E-state index contributed by atoms with van der Waals surface area (Å²) in [6.07, 6.45) is 23.0. The minimum Gasteiger partial charge on any atom is -0.668 e. The molecule has 0 aromatic heterocycles. The molecule has 4 atom stereocenters. The van der Waals surface area contributed by atoms with Gasteiger partial charge < -0.3 is 66.7 Å². The maximum Gasteiger partial charge on any atom is 1.00 e. The molecule has 0 unspecified atom stereocenters. The molecule has 1 heterocycles. The number of benzene rings is 1. The molecular weight excluding hydrogens is 1120 g/mol. The number of amides is 4. The first-order valence-corrected chi connectivity index (χ1v) is 32.1. The molecule has 0 aliphatic carbocycles. The Balaban J connectivity index is 0. The zero-order chi connectivity index (χ0) is 59.6. The van der Waals surface area contributed by atoms with Gasteiger partial charge in [0.1, 0.15) is 24.7 Å². The molecule has 10 N–H and O–H groups in total. The van der Waals surface area contributed by atoms with E-state index in [0.29, 0.717) is 69.9 Å². The van der Waals surface area contributed by atoms with Crippen molar-refractivity contribution in [2.24, 2.45) is 11.7 Å². The molecule has 1 fully saturated rings. The van der Waals surface area contributed by atoms with Gasteiger partial charge in [-0.15, -0.1) is 0 Å². The quantitative estimate of drug-likeness (QED) is 0.0261. The van der Waals surface area contributed by atoms with Gasteiger partial charge in [-0.2, -0.15) is 0 Å². The van der Waals surface area contributed by atoms with Gasteiger partial charge in [-0.05, 0) is 62.0 Å². The van der Waals surface area contributed by atoms with Crippen molar-refractivity contribution in [3.63, 3.8) is 0 Å². The summed E-state index contributed by atoms with van der Waals surface area (Å²) >= 11 is 0. The van der Waals surface area contributed by atoms with Crippen molar-refractivity contribution < 1.29 is 120 Å². The van der Waals surface area contributed by atoms with Crippen LogP contribution in [0.25, 0.3) is 5.73 Å². The van der Waals surface area contributed by atoms with Gasteiger partial charge in [0.15, 0.2) is 11.6 Å². The molecule has 0 radical (unpaired) electrons. The molecule has 1 aromatic carbocycles. The van der Waals surface area contributed by atoms with Crippen molar-refractivity contribution >= 4 is 68.5 Å². The molecule has 24 heteroatoms. The van der Waals surface area contributed by atoms with Crippen molar-refractivity contribution in [2.45, 2.75) is 180 Å². The molecule has 1 saturated heterocycles. The van der Waals surface area contributed by atoms with Crippen LogP contribution in [0.15, 0.2) is 24.3 Å².